The van der Waals surface area contributed by atoms with Gasteiger partial charge in [-0.25, -0.2) is 9.78 Å². The van der Waals surface area contributed by atoms with E-state index in [0.717, 1.165) is 37.0 Å². The summed E-state index contributed by atoms with van der Waals surface area (Å²) in [7, 11) is 0. The molecular formula is C11H14N2O3S. The first-order chi connectivity index (χ1) is 8.20. The molecule has 1 fully saturated rings. The second-order valence-corrected chi connectivity index (χ2v) is 4.90. The molecule has 0 bridgehead atoms. The van der Waals surface area contributed by atoms with Gasteiger partial charge in [0.2, 0.25) is 0 Å². The van der Waals surface area contributed by atoms with Gasteiger partial charge < -0.3 is 10.0 Å². The van der Waals surface area contributed by atoms with E-state index < -0.39 is 5.97 Å². The fraction of sp³-hybridized carbons (Fsp3) is 0.545. The second-order valence-electron chi connectivity index (χ2n) is 4.04. The van der Waals surface area contributed by atoms with Crippen LogP contribution in [-0.2, 0) is 0 Å². The minimum atomic E-state index is -1.08. The topological polar surface area (TPSA) is 70.5 Å². The molecule has 0 aromatic carbocycles. The Bertz CT molecular complexity index is 422. The molecule has 0 unspecified atom stereocenters. The number of carbonyl (C=O) groups is 2. The molecule has 2 heterocycles. The first-order valence-electron chi connectivity index (χ1n) is 5.66. The predicted octanol–water partition coefficient (Wildman–Crippen LogP) is 1.86. The molecular weight excluding hydrogens is 240 g/mol. The minimum absolute atomic E-state index is 0.0410. The third kappa shape index (κ3) is 2.63. The SMILES string of the molecule is O=C(O)c1scnc1C(=O)N1CCCCCC1. The van der Waals surface area contributed by atoms with Gasteiger partial charge in [-0.05, 0) is 12.8 Å². The van der Waals surface area contributed by atoms with Gasteiger partial charge in [0.15, 0.2) is 5.69 Å². The van der Waals surface area contributed by atoms with Crippen LogP contribution < -0.4 is 0 Å². The Morgan fingerprint density at radius 3 is 2.47 bits per heavy atom. The van der Waals surface area contributed by atoms with E-state index in [9.17, 15) is 9.59 Å². The highest BCUT2D eigenvalue weighted by Crippen LogP contribution is 2.18. The number of amides is 1. The van der Waals surface area contributed by atoms with Crippen LogP contribution in [0.25, 0.3) is 0 Å². The first-order valence-corrected chi connectivity index (χ1v) is 6.54. The van der Waals surface area contributed by atoms with E-state index in [1.165, 1.54) is 5.51 Å². The Kier molecular flexibility index (Phi) is 3.73. The zero-order chi connectivity index (χ0) is 12.3. The summed E-state index contributed by atoms with van der Waals surface area (Å²) < 4.78 is 0. The largest absolute Gasteiger partial charge is 0.477 e. The number of likely N-dealkylation sites (tertiary alicyclic amines) is 1. The van der Waals surface area contributed by atoms with Crippen molar-refractivity contribution in [3.8, 4) is 0 Å². The molecule has 92 valence electrons. The van der Waals surface area contributed by atoms with E-state index >= 15 is 0 Å². The van der Waals surface area contributed by atoms with Crippen molar-refractivity contribution < 1.29 is 14.7 Å². The summed E-state index contributed by atoms with van der Waals surface area (Å²) in [4.78, 5) is 28.7. The van der Waals surface area contributed by atoms with Gasteiger partial charge in [0.1, 0.15) is 4.88 Å². The number of hydrogen-bond acceptors (Lipinski definition) is 4. The zero-order valence-electron chi connectivity index (χ0n) is 9.39. The fourth-order valence-corrected chi connectivity index (χ4v) is 2.59. The molecule has 2 rings (SSSR count). The number of aromatic carboxylic acids is 1. The molecule has 0 radical (unpaired) electrons. The lowest BCUT2D eigenvalue weighted by Gasteiger charge is -2.19. The van der Waals surface area contributed by atoms with Crippen LogP contribution in [-0.4, -0.2) is 40.0 Å². The summed E-state index contributed by atoms with van der Waals surface area (Å²) >= 11 is 0.997. The summed E-state index contributed by atoms with van der Waals surface area (Å²) in [6.45, 7) is 1.41. The summed E-state index contributed by atoms with van der Waals surface area (Å²) in [5.74, 6) is -1.32. The van der Waals surface area contributed by atoms with Gasteiger partial charge in [-0.15, -0.1) is 11.3 Å². The summed E-state index contributed by atoms with van der Waals surface area (Å²) in [6.07, 6.45) is 4.23. The zero-order valence-corrected chi connectivity index (χ0v) is 10.2. The van der Waals surface area contributed by atoms with Crippen LogP contribution in [0.2, 0.25) is 0 Å². The molecule has 1 aliphatic rings. The van der Waals surface area contributed by atoms with Gasteiger partial charge >= 0.3 is 5.97 Å². The molecule has 1 aliphatic heterocycles. The molecule has 17 heavy (non-hydrogen) atoms. The lowest BCUT2D eigenvalue weighted by atomic mass is 10.2. The summed E-state index contributed by atoms with van der Waals surface area (Å²) in [5.41, 5.74) is 1.50. The smallest absolute Gasteiger partial charge is 0.348 e. The lowest BCUT2D eigenvalue weighted by Crippen LogP contribution is -2.33. The Labute approximate surface area is 103 Å². The van der Waals surface area contributed by atoms with Crippen molar-refractivity contribution in [3.05, 3.63) is 16.1 Å². The van der Waals surface area contributed by atoms with E-state index in [0.29, 0.717) is 13.1 Å². The van der Waals surface area contributed by atoms with Crippen LogP contribution in [0, 0.1) is 0 Å². The van der Waals surface area contributed by atoms with Gasteiger partial charge in [-0.3, -0.25) is 4.79 Å². The highest BCUT2D eigenvalue weighted by molar-refractivity contribution is 7.12. The number of thiazole rings is 1. The molecule has 0 saturated carbocycles. The normalized spacial score (nSPS) is 16.6. The summed E-state index contributed by atoms with van der Waals surface area (Å²) in [6, 6.07) is 0. The minimum Gasteiger partial charge on any atom is -0.477 e. The predicted molar refractivity (Wildman–Crippen MR) is 63.4 cm³/mol. The highest BCUT2D eigenvalue weighted by atomic mass is 32.1. The van der Waals surface area contributed by atoms with Crippen molar-refractivity contribution in [2.75, 3.05) is 13.1 Å². The number of carboxylic acid groups (broad SMARTS) is 1. The number of hydrogen-bond donors (Lipinski definition) is 1. The molecule has 1 aromatic heterocycles. The van der Waals surface area contributed by atoms with Crippen LogP contribution >= 0.6 is 11.3 Å². The van der Waals surface area contributed by atoms with Gasteiger partial charge in [0, 0.05) is 13.1 Å². The molecule has 0 atom stereocenters. The molecule has 5 nitrogen and oxygen atoms in total. The van der Waals surface area contributed by atoms with E-state index in [1.807, 2.05) is 0 Å². The number of rotatable bonds is 2. The maximum atomic E-state index is 12.1. The van der Waals surface area contributed by atoms with Gasteiger partial charge in [-0.1, -0.05) is 12.8 Å². The van der Waals surface area contributed by atoms with E-state index in [2.05, 4.69) is 4.98 Å². The van der Waals surface area contributed by atoms with Crippen molar-refractivity contribution in [1.82, 2.24) is 9.88 Å². The third-order valence-electron chi connectivity index (χ3n) is 2.86. The maximum absolute atomic E-state index is 12.1. The van der Waals surface area contributed by atoms with Crippen LogP contribution in [0.4, 0.5) is 0 Å². The van der Waals surface area contributed by atoms with Crippen LogP contribution in [0.3, 0.4) is 0 Å². The Morgan fingerprint density at radius 2 is 1.88 bits per heavy atom. The number of carbonyl (C=O) groups excluding carboxylic acids is 1. The fourth-order valence-electron chi connectivity index (χ4n) is 1.97. The standard InChI is InChI=1S/C11H14N2O3S/c14-10(13-5-3-1-2-4-6-13)8-9(11(15)16)17-7-12-8/h7H,1-6H2,(H,15,16). The van der Waals surface area contributed by atoms with Gasteiger partial charge in [-0.2, -0.15) is 0 Å². The van der Waals surface area contributed by atoms with Crippen molar-refractivity contribution in [1.29, 1.82) is 0 Å². The monoisotopic (exact) mass is 254 g/mol. The maximum Gasteiger partial charge on any atom is 0.348 e. The van der Waals surface area contributed by atoms with Gasteiger partial charge in [0.05, 0.1) is 5.51 Å². The molecule has 1 N–H and O–H groups in total. The third-order valence-corrected chi connectivity index (χ3v) is 3.67. The van der Waals surface area contributed by atoms with Crippen LogP contribution in [0.1, 0.15) is 45.8 Å². The van der Waals surface area contributed by atoms with Crippen molar-refractivity contribution in [2.24, 2.45) is 0 Å². The van der Waals surface area contributed by atoms with Gasteiger partial charge in [0.25, 0.3) is 5.91 Å². The number of aromatic nitrogens is 1. The Morgan fingerprint density at radius 1 is 1.24 bits per heavy atom. The average Bonchev–Trinajstić information content (AvgIpc) is 2.64. The van der Waals surface area contributed by atoms with Crippen molar-refractivity contribution >= 4 is 23.2 Å². The quantitative estimate of drug-likeness (QED) is 0.874. The molecule has 1 saturated heterocycles. The molecule has 6 heteroatoms. The average molecular weight is 254 g/mol. The number of nitrogens with zero attached hydrogens (tertiary/aromatic N) is 2. The van der Waals surface area contributed by atoms with E-state index in [4.69, 9.17) is 5.11 Å². The van der Waals surface area contributed by atoms with Crippen molar-refractivity contribution in [3.63, 3.8) is 0 Å². The van der Waals surface area contributed by atoms with E-state index in [1.54, 1.807) is 4.90 Å². The second kappa shape index (κ2) is 5.27. The molecule has 1 amide bonds. The first kappa shape index (κ1) is 12.0. The molecule has 1 aromatic rings. The molecule has 0 aliphatic carbocycles. The Hall–Kier alpha value is -1.43. The Balaban J connectivity index is 2.17. The highest BCUT2D eigenvalue weighted by Gasteiger charge is 2.25. The molecule has 0 spiro atoms. The van der Waals surface area contributed by atoms with Crippen LogP contribution in [0.5, 0.6) is 0 Å². The summed E-state index contributed by atoms with van der Waals surface area (Å²) in [5, 5.41) is 8.96. The van der Waals surface area contributed by atoms with Crippen LogP contribution in [0.15, 0.2) is 5.51 Å². The number of carboxylic acids is 1. The van der Waals surface area contributed by atoms with E-state index in [-0.39, 0.29) is 16.5 Å². The van der Waals surface area contributed by atoms with Crippen molar-refractivity contribution in [2.45, 2.75) is 25.7 Å². The lowest BCUT2D eigenvalue weighted by molar-refractivity contribution is 0.0679.